The fraction of sp³-hybridized carbons (Fsp3) is 0.333. The molecule has 7 nitrogen and oxygen atoms in total. The topological polar surface area (TPSA) is 66.8 Å². The molecule has 0 radical (unpaired) electrons. The molecule has 0 bridgehead atoms. The zero-order valence-corrected chi connectivity index (χ0v) is 21.3. The largest absolute Gasteiger partial charge is 0.454 e. The lowest BCUT2D eigenvalue weighted by Gasteiger charge is -2.26. The summed E-state index contributed by atoms with van der Waals surface area (Å²) in [6.45, 7) is 12.2. The van der Waals surface area contributed by atoms with Crippen molar-refractivity contribution in [2.75, 3.05) is 31.1 Å². The first kappa shape index (κ1) is 24.1. The van der Waals surface area contributed by atoms with Crippen LogP contribution in [0, 0.1) is 13.5 Å². The minimum absolute atomic E-state index is 0.0251. The predicted molar refractivity (Wildman–Crippen MR) is 145 cm³/mol. The van der Waals surface area contributed by atoms with Gasteiger partial charge in [0.2, 0.25) is 5.69 Å². The van der Waals surface area contributed by atoms with Crippen molar-refractivity contribution in [3.05, 3.63) is 71.5 Å². The van der Waals surface area contributed by atoms with Gasteiger partial charge in [-0.1, -0.05) is 6.07 Å². The van der Waals surface area contributed by atoms with E-state index in [9.17, 15) is 9.18 Å². The number of nitrogens with zero attached hydrogens (tertiary/aromatic N) is 5. The summed E-state index contributed by atoms with van der Waals surface area (Å²) in [5.41, 5.74) is 6.37. The molecule has 2 saturated heterocycles. The van der Waals surface area contributed by atoms with Gasteiger partial charge in [-0.25, -0.2) is 9.24 Å². The number of furan rings is 1. The zero-order chi connectivity index (χ0) is 26.2. The number of benzene rings is 1. The maximum Gasteiger partial charge on any atom is 0.272 e. The Morgan fingerprint density at radius 3 is 2.66 bits per heavy atom. The number of pyridine rings is 2. The number of alkyl halides is 1. The summed E-state index contributed by atoms with van der Waals surface area (Å²) in [7, 11) is 0. The lowest BCUT2D eigenvalue weighted by Crippen LogP contribution is -2.36. The number of aromatic nitrogens is 2. The number of rotatable bonds is 4. The van der Waals surface area contributed by atoms with Crippen LogP contribution >= 0.6 is 0 Å². The van der Waals surface area contributed by atoms with Gasteiger partial charge >= 0.3 is 0 Å². The molecule has 6 rings (SSSR count). The molecule has 0 aliphatic carbocycles. The molecule has 0 N–H and O–H groups in total. The van der Waals surface area contributed by atoms with Crippen LogP contribution in [-0.2, 0) is 0 Å². The maximum absolute atomic E-state index is 13.8. The van der Waals surface area contributed by atoms with Crippen molar-refractivity contribution in [2.24, 2.45) is 0 Å². The highest BCUT2D eigenvalue weighted by molar-refractivity contribution is 5.95. The first-order valence-corrected chi connectivity index (χ1v) is 13.1. The molecule has 2 aliphatic rings. The van der Waals surface area contributed by atoms with Gasteiger partial charge in [0.1, 0.15) is 23.1 Å². The molecule has 5 heterocycles. The van der Waals surface area contributed by atoms with Crippen LogP contribution in [0.4, 0.5) is 15.8 Å². The Morgan fingerprint density at radius 1 is 1.08 bits per heavy atom. The van der Waals surface area contributed by atoms with E-state index in [0.29, 0.717) is 47.8 Å². The number of anilines is 1. The van der Waals surface area contributed by atoms with Crippen LogP contribution in [0.15, 0.2) is 53.2 Å². The first-order valence-electron chi connectivity index (χ1n) is 13.1. The van der Waals surface area contributed by atoms with Crippen molar-refractivity contribution in [3.8, 4) is 22.5 Å². The molecule has 38 heavy (non-hydrogen) atoms. The van der Waals surface area contributed by atoms with Gasteiger partial charge in [0.15, 0.2) is 5.58 Å². The van der Waals surface area contributed by atoms with Crippen LogP contribution in [0.1, 0.15) is 41.7 Å². The van der Waals surface area contributed by atoms with E-state index in [1.54, 1.807) is 12.4 Å². The predicted octanol–water partition coefficient (Wildman–Crippen LogP) is 6.59. The third-order valence-electron chi connectivity index (χ3n) is 7.53. The summed E-state index contributed by atoms with van der Waals surface area (Å²) < 4.78 is 20.1. The number of hydrogen-bond acceptors (Lipinski definition) is 5. The summed E-state index contributed by atoms with van der Waals surface area (Å²) in [5, 5.41) is 0. The fourth-order valence-corrected chi connectivity index (χ4v) is 5.47. The first-order chi connectivity index (χ1) is 18.5. The van der Waals surface area contributed by atoms with E-state index in [1.165, 1.54) is 6.42 Å². The van der Waals surface area contributed by atoms with Crippen molar-refractivity contribution in [1.82, 2.24) is 14.9 Å². The molecule has 1 aromatic carbocycles. The van der Waals surface area contributed by atoms with Crippen LogP contribution in [0.3, 0.4) is 0 Å². The van der Waals surface area contributed by atoms with Gasteiger partial charge in [-0.2, -0.15) is 0 Å². The minimum Gasteiger partial charge on any atom is -0.454 e. The summed E-state index contributed by atoms with van der Waals surface area (Å²) in [6, 6.07) is 11.2. The second-order valence-electron chi connectivity index (χ2n) is 10.1. The highest BCUT2D eigenvalue weighted by Crippen LogP contribution is 2.39. The van der Waals surface area contributed by atoms with Gasteiger partial charge in [0.25, 0.3) is 5.91 Å². The van der Waals surface area contributed by atoms with E-state index < -0.39 is 6.17 Å². The third-order valence-corrected chi connectivity index (χ3v) is 7.53. The molecule has 3 aromatic heterocycles. The number of halogens is 1. The van der Waals surface area contributed by atoms with Crippen LogP contribution in [0.25, 0.3) is 38.4 Å². The lowest BCUT2D eigenvalue weighted by atomic mass is 10.0. The van der Waals surface area contributed by atoms with Gasteiger partial charge in [-0.3, -0.25) is 14.8 Å². The number of amides is 1. The zero-order valence-electron chi connectivity index (χ0n) is 21.3. The fourth-order valence-electron chi connectivity index (χ4n) is 5.47. The molecule has 0 unspecified atom stereocenters. The van der Waals surface area contributed by atoms with Gasteiger partial charge < -0.3 is 14.2 Å². The van der Waals surface area contributed by atoms with Crippen LogP contribution in [-0.4, -0.2) is 53.1 Å². The van der Waals surface area contributed by atoms with Crippen molar-refractivity contribution in [1.29, 1.82) is 0 Å². The van der Waals surface area contributed by atoms with E-state index in [4.69, 9.17) is 11.0 Å². The van der Waals surface area contributed by atoms with Crippen LogP contribution in [0.2, 0.25) is 0 Å². The lowest BCUT2D eigenvalue weighted by molar-refractivity contribution is 0.0718. The quantitative estimate of drug-likeness (QED) is 0.290. The molecular weight excluding hydrogens is 481 g/mol. The Kier molecular flexibility index (Phi) is 6.28. The second-order valence-corrected chi connectivity index (χ2v) is 10.1. The van der Waals surface area contributed by atoms with Crippen molar-refractivity contribution < 1.29 is 13.6 Å². The monoisotopic (exact) mass is 509 g/mol. The minimum atomic E-state index is -0.857. The Balaban J connectivity index is 1.33. The molecule has 8 heteroatoms. The van der Waals surface area contributed by atoms with Gasteiger partial charge in [-0.05, 0) is 68.0 Å². The number of piperidine rings is 1. The number of likely N-dealkylation sites (tertiary alicyclic amines) is 1. The normalized spacial score (nSPS) is 17.7. The van der Waals surface area contributed by atoms with E-state index >= 15 is 0 Å². The second kappa shape index (κ2) is 9.90. The molecule has 2 aliphatic heterocycles. The van der Waals surface area contributed by atoms with Crippen LogP contribution in [0.5, 0.6) is 0 Å². The highest BCUT2D eigenvalue weighted by Gasteiger charge is 2.25. The molecule has 2 fully saturated rings. The molecule has 1 amide bonds. The van der Waals surface area contributed by atoms with E-state index in [1.807, 2.05) is 53.1 Å². The van der Waals surface area contributed by atoms with Gasteiger partial charge in [0.05, 0.1) is 6.57 Å². The number of carbonyl (C=O) groups excluding carboxylic acids is 1. The average molecular weight is 510 g/mol. The SMILES string of the molecule is [C-]#[N+]c1cc(-c2ccnc3cc(-c4cnc(C(=O)N5CCCCC5)cc4C)oc23)ccc1N1CC[C@H](F)C1. The van der Waals surface area contributed by atoms with Crippen LogP contribution < -0.4 is 4.90 Å². The number of aryl methyl sites for hydroxylation is 1. The van der Waals surface area contributed by atoms with Crippen molar-refractivity contribution >= 4 is 28.4 Å². The Bertz CT molecular complexity index is 1570. The molecular formula is C30H28FN5O2. The van der Waals surface area contributed by atoms with Crippen molar-refractivity contribution in [2.45, 2.75) is 38.8 Å². The molecule has 0 saturated carbocycles. The third kappa shape index (κ3) is 4.38. The molecule has 192 valence electrons. The van der Waals surface area contributed by atoms with Crippen molar-refractivity contribution in [3.63, 3.8) is 0 Å². The molecule has 1 atom stereocenters. The number of fused-ring (bicyclic) bond motifs is 1. The smallest absolute Gasteiger partial charge is 0.272 e. The summed E-state index contributed by atoms with van der Waals surface area (Å²) in [5.74, 6) is 0.595. The summed E-state index contributed by atoms with van der Waals surface area (Å²) in [6.07, 6.45) is 6.29. The Morgan fingerprint density at radius 2 is 1.92 bits per heavy atom. The summed E-state index contributed by atoms with van der Waals surface area (Å²) in [4.78, 5) is 29.4. The van der Waals surface area contributed by atoms with E-state index in [0.717, 1.165) is 53.9 Å². The Labute approximate surface area is 220 Å². The van der Waals surface area contributed by atoms with Gasteiger partial charge in [-0.15, -0.1) is 0 Å². The Hall–Kier alpha value is -4.25. The molecule has 0 spiro atoms. The number of hydrogen-bond donors (Lipinski definition) is 0. The van der Waals surface area contributed by atoms with E-state index in [-0.39, 0.29) is 5.91 Å². The summed E-state index contributed by atoms with van der Waals surface area (Å²) >= 11 is 0. The highest BCUT2D eigenvalue weighted by atomic mass is 19.1. The van der Waals surface area contributed by atoms with Gasteiger partial charge in [0, 0.05) is 61.5 Å². The van der Waals surface area contributed by atoms with E-state index in [2.05, 4.69) is 14.8 Å². The number of carbonyl (C=O) groups is 1. The average Bonchev–Trinajstić information content (AvgIpc) is 3.58. The standard InChI is InChI=1S/C30H28FN5O2/c1-19-14-26(30(37)35-11-4-3-5-12-35)34-17-23(19)28-16-25-29(38-28)22(8-10-33-25)20-6-7-27(24(15-20)32-2)36-13-9-21(31)18-36/h6-8,10,14-17,21H,3-5,9,11-13,18H2,1H3/t21-/m0/s1. The molecule has 4 aromatic rings. The maximum atomic E-state index is 13.8.